The Labute approximate surface area is 271 Å². The fraction of sp³-hybridized carbons (Fsp3) is 0.686. The van der Waals surface area contributed by atoms with Gasteiger partial charge in [0.2, 0.25) is 0 Å². The molecule has 0 saturated heterocycles. The van der Waals surface area contributed by atoms with E-state index in [4.69, 9.17) is 18.3 Å². The Bertz CT molecular complexity index is 1150. The number of esters is 1. The number of benzene rings is 1. The van der Waals surface area contributed by atoms with E-state index in [0.717, 1.165) is 49.5 Å². The molecule has 5 nitrogen and oxygen atoms in total. The summed E-state index contributed by atoms with van der Waals surface area (Å²) in [5.74, 6) is 0.0239. The summed E-state index contributed by atoms with van der Waals surface area (Å²) in [5, 5.41) is 0.00730. The fourth-order valence-electron chi connectivity index (χ4n) is 6.08. The average molecular weight is 669 g/mol. The summed E-state index contributed by atoms with van der Waals surface area (Å²) in [7, 11) is -4.27. The minimum Gasteiger partial charge on any atom is -0.491 e. The minimum atomic E-state index is -4.45. The number of fused-ring (bicyclic) bond motifs is 1. The summed E-state index contributed by atoms with van der Waals surface area (Å²) in [6, 6.07) is 7.79. The van der Waals surface area contributed by atoms with Crippen LogP contribution in [0.2, 0.25) is 36.3 Å². The van der Waals surface area contributed by atoms with Crippen LogP contribution in [-0.2, 0) is 24.6 Å². The summed E-state index contributed by atoms with van der Waals surface area (Å²) < 4.78 is 66.1. The Morgan fingerprint density at radius 1 is 1.07 bits per heavy atom. The smallest absolute Gasteiger partial charge is 0.416 e. The molecule has 0 aromatic heterocycles. The summed E-state index contributed by atoms with van der Waals surface area (Å²) >= 11 is 0. The maximum atomic E-state index is 13.4. The molecule has 1 saturated carbocycles. The van der Waals surface area contributed by atoms with Gasteiger partial charge in [-0.3, -0.25) is 4.79 Å². The number of carbonyl (C=O) groups is 1. The number of rotatable bonds is 12. The molecule has 2 aliphatic rings. The van der Waals surface area contributed by atoms with Gasteiger partial charge in [-0.2, -0.15) is 13.2 Å². The highest BCUT2D eigenvalue weighted by atomic mass is 28.4. The molecule has 254 valence electrons. The van der Waals surface area contributed by atoms with E-state index < -0.39 is 34.5 Å². The molecular weight excluding hydrogens is 614 g/mol. The summed E-state index contributed by atoms with van der Waals surface area (Å²) in [5.41, 5.74) is -0.742. The second-order valence-electron chi connectivity index (χ2n) is 14.1. The van der Waals surface area contributed by atoms with Gasteiger partial charge in [0.15, 0.2) is 16.6 Å². The number of halogens is 3. The number of allylic oxidation sites excluding steroid dienone is 2. The van der Waals surface area contributed by atoms with Crippen molar-refractivity contribution in [2.75, 3.05) is 6.61 Å². The first kappa shape index (κ1) is 37.6. The molecule has 1 fully saturated rings. The molecule has 1 heterocycles. The number of alkyl halides is 3. The van der Waals surface area contributed by atoms with Gasteiger partial charge in [-0.1, -0.05) is 71.9 Å². The molecule has 1 unspecified atom stereocenters. The van der Waals surface area contributed by atoms with E-state index in [1.807, 2.05) is 6.08 Å². The van der Waals surface area contributed by atoms with E-state index in [1.165, 1.54) is 6.07 Å². The van der Waals surface area contributed by atoms with E-state index >= 15 is 0 Å². The van der Waals surface area contributed by atoms with Crippen molar-refractivity contribution in [3.63, 3.8) is 0 Å². The molecule has 1 aliphatic heterocycles. The van der Waals surface area contributed by atoms with Crippen LogP contribution in [0.25, 0.3) is 0 Å². The number of ether oxygens (including phenoxy) is 2. The highest BCUT2D eigenvalue weighted by Crippen LogP contribution is 2.45. The van der Waals surface area contributed by atoms with Crippen molar-refractivity contribution in [2.24, 2.45) is 11.8 Å². The predicted molar refractivity (Wildman–Crippen MR) is 179 cm³/mol. The average Bonchev–Trinajstić information content (AvgIpc) is 3.28. The first-order valence-corrected chi connectivity index (χ1v) is 22.2. The molecule has 0 bridgehead atoms. The zero-order valence-corrected chi connectivity index (χ0v) is 30.5. The number of hydrogen-bond acceptors (Lipinski definition) is 5. The molecule has 10 heteroatoms. The molecule has 0 amide bonds. The van der Waals surface area contributed by atoms with Crippen molar-refractivity contribution in [1.29, 1.82) is 0 Å². The largest absolute Gasteiger partial charge is 0.491 e. The van der Waals surface area contributed by atoms with E-state index in [9.17, 15) is 18.0 Å². The molecule has 0 radical (unpaired) electrons. The van der Waals surface area contributed by atoms with Crippen LogP contribution in [0.5, 0.6) is 5.75 Å². The lowest BCUT2D eigenvalue weighted by Gasteiger charge is -2.40. The van der Waals surface area contributed by atoms with E-state index in [-0.39, 0.29) is 47.4 Å². The van der Waals surface area contributed by atoms with Crippen LogP contribution in [0.1, 0.15) is 79.2 Å². The molecule has 3 rings (SSSR count). The van der Waals surface area contributed by atoms with Crippen molar-refractivity contribution in [3.8, 4) is 5.75 Å². The summed E-state index contributed by atoms with van der Waals surface area (Å²) in [4.78, 5) is 12.7. The Balaban J connectivity index is 1.97. The Morgan fingerprint density at radius 3 is 2.38 bits per heavy atom. The third kappa shape index (κ3) is 10.3. The second-order valence-corrected chi connectivity index (χ2v) is 23.6. The normalized spacial score (nSPS) is 25.1. The zero-order chi connectivity index (χ0) is 33.5. The van der Waals surface area contributed by atoms with E-state index in [2.05, 4.69) is 72.9 Å². The van der Waals surface area contributed by atoms with Crippen LogP contribution in [0.3, 0.4) is 0 Å². The van der Waals surface area contributed by atoms with Crippen molar-refractivity contribution in [2.45, 2.75) is 134 Å². The fourth-order valence-corrected chi connectivity index (χ4v) is 10.2. The Hall–Kier alpha value is -1.89. The standard InChI is InChI=1S/C35H55F3O5Si2/c1-9-45(10-2,11-3)42-28(25-40-27-18-16-17-26(23-27)35(36,37)38)21-22-30-29-19-14-12-13-15-20-33(39)41-31(29)24-32(30)43-44(7,8)34(4,5)6/h12,14,16-18,21-23,28-32H,9-11,13,15,19-20,24-25H2,1-8H3/b14-12-,22-21+/t28-,29-,30-,31+,32?/m1/s1. The van der Waals surface area contributed by atoms with Gasteiger partial charge in [-0.05, 0) is 73.7 Å². The number of hydrogen-bond donors (Lipinski definition) is 0. The highest BCUT2D eigenvalue weighted by Gasteiger charge is 2.48. The van der Waals surface area contributed by atoms with Gasteiger partial charge < -0.3 is 18.3 Å². The third-order valence-electron chi connectivity index (χ3n) is 10.2. The van der Waals surface area contributed by atoms with Gasteiger partial charge >= 0.3 is 12.1 Å². The van der Waals surface area contributed by atoms with Crippen molar-refractivity contribution in [3.05, 3.63) is 54.1 Å². The molecule has 1 aromatic rings. The van der Waals surface area contributed by atoms with Crippen LogP contribution < -0.4 is 4.74 Å². The van der Waals surface area contributed by atoms with Gasteiger partial charge in [0.1, 0.15) is 18.5 Å². The first-order valence-electron chi connectivity index (χ1n) is 16.7. The summed E-state index contributed by atoms with van der Waals surface area (Å²) in [6.07, 6.45) is 6.73. The minimum absolute atomic E-state index is 0.00730. The molecular formula is C35H55F3O5Si2. The maximum Gasteiger partial charge on any atom is 0.416 e. The lowest BCUT2D eigenvalue weighted by Crippen LogP contribution is -2.45. The number of carbonyl (C=O) groups excluding carboxylic acids is 1. The zero-order valence-electron chi connectivity index (χ0n) is 28.5. The molecule has 45 heavy (non-hydrogen) atoms. The second kappa shape index (κ2) is 15.8. The van der Waals surface area contributed by atoms with E-state index in [1.54, 1.807) is 6.07 Å². The Kier molecular flexibility index (Phi) is 13.2. The van der Waals surface area contributed by atoms with Gasteiger partial charge in [0.25, 0.3) is 0 Å². The monoisotopic (exact) mass is 668 g/mol. The quantitative estimate of drug-likeness (QED) is 0.126. The van der Waals surface area contributed by atoms with Crippen LogP contribution in [0, 0.1) is 11.8 Å². The SMILES string of the molecule is CC[Si](CC)(CC)O[C@H](/C=C/[C@H]1C(O[Si](C)(C)C(C)(C)C)C[C@@H]2OC(=O)CCC/C=C\C[C@@H]21)COc1cccc(C(F)(F)F)c1. The van der Waals surface area contributed by atoms with Crippen LogP contribution in [-0.4, -0.2) is 47.5 Å². The molecule has 1 aliphatic carbocycles. The first-order chi connectivity index (χ1) is 21.0. The Morgan fingerprint density at radius 2 is 1.76 bits per heavy atom. The van der Waals surface area contributed by atoms with Crippen molar-refractivity contribution >= 4 is 22.6 Å². The van der Waals surface area contributed by atoms with E-state index in [0.29, 0.717) is 12.8 Å². The predicted octanol–water partition coefficient (Wildman–Crippen LogP) is 10.1. The van der Waals surface area contributed by atoms with Gasteiger partial charge in [0.05, 0.1) is 17.8 Å². The molecule has 0 N–H and O–H groups in total. The molecule has 1 aromatic carbocycles. The molecule has 0 spiro atoms. The topological polar surface area (TPSA) is 54.0 Å². The van der Waals surface area contributed by atoms with Crippen molar-refractivity contribution in [1.82, 2.24) is 0 Å². The highest BCUT2D eigenvalue weighted by molar-refractivity contribution is 6.74. The van der Waals surface area contributed by atoms with Gasteiger partial charge in [-0.25, -0.2) is 0 Å². The maximum absolute atomic E-state index is 13.4. The van der Waals surface area contributed by atoms with Crippen LogP contribution in [0.15, 0.2) is 48.6 Å². The van der Waals surface area contributed by atoms with Gasteiger partial charge in [-0.15, -0.1) is 0 Å². The lowest BCUT2D eigenvalue weighted by atomic mass is 9.89. The van der Waals surface area contributed by atoms with Crippen molar-refractivity contribution < 1.29 is 36.3 Å². The third-order valence-corrected chi connectivity index (χ3v) is 19.4. The molecule has 5 atom stereocenters. The lowest BCUT2D eigenvalue weighted by molar-refractivity contribution is -0.151. The summed E-state index contributed by atoms with van der Waals surface area (Å²) in [6.45, 7) is 17.7. The van der Waals surface area contributed by atoms with Crippen LogP contribution >= 0.6 is 0 Å². The van der Waals surface area contributed by atoms with Gasteiger partial charge in [0, 0.05) is 24.7 Å². The van der Waals surface area contributed by atoms with Crippen LogP contribution in [0.4, 0.5) is 13.2 Å².